The lowest BCUT2D eigenvalue weighted by Crippen LogP contribution is -2.17. The lowest BCUT2D eigenvalue weighted by atomic mass is 10.1. The number of hydrogen-bond acceptors (Lipinski definition) is 5. The summed E-state index contributed by atoms with van der Waals surface area (Å²) in [5.41, 5.74) is 10.4. The van der Waals surface area contributed by atoms with E-state index in [1.807, 2.05) is 53.9 Å². The number of nitrogens with zero attached hydrogens (tertiary/aromatic N) is 3. The van der Waals surface area contributed by atoms with Gasteiger partial charge in [-0.3, -0.25) is 4.79 Å². The van der Waals surface area contributed by atoms with Crippen molar-refractivity contribution in [3.8, 4) is 22.1 Å². The van der Waals surface area contributed by atoms with Crippen LogP contribution in [0.2, 0.25) is 5.02 Å². The largest absolute Gasteiger partial charge is 0.382 e. The number of ether oxygens (including phenoxy) is 1. The maximum atomic E-state index is 11.8. The smallest absolute Gasteiger partial charge is 0.248 e. The van der Waals surface area contributed by atoms with Gasteiger partial charge in [-0.15, -0.1) is 11.3 Å². The maximum Gasteiger partial charge on any atom is 0.248 e. The van der Waals surface area contributed by atoms with E-state index < -0.39 is 5.91 Å². The number of amides is 1. The number of primary amides is 1. The van der Waals surface area contributed by atoms with Crippen LogP contribution in [-0.4, -0.2) is 34.2 Å². The van der Waals surface area contributed by atoms with Crippen LogP contribution in [-0.2, 0) is 4.74 Å². The van der Waals surface area contributed by atoms with E-state index in [-0.39, 0.29) is 6.04 Å². The van der Waals surface area contributed by atoms with E-state index in [2.05, 4.69) is 16.7 Å². The van der Waals surface area contributed by atoms with Crippen LogP contribution < -0.4 is 5.73 Å². The number of carbonyl (C=O) groups excluding carboxylic acids is 1. The molecule has 1 atom stereocenters. The number of fused-ring (bicyclic) bond motifs is 1. The van der Waals surface area contributed by atoms with Crippen molar-refractivity contribution in [2.75, 3.05) is 13.7 Å². The fourth-order valence-corrected chi connectivity index (χ4v) is 4.94. The number of hydrogen-bond donors (Lipinski definition) is 1. The third-order valence-corrected chi connectivity index (χ3v) is 6.72. The van der Waals surface area contributed by atoms with Gasteiger partial charge in [0.1, 0.15) is 0 Å². The molecule has 5 aromatic rings. The minimum Gasteiger partial charge on any atom is -0.382 e. The van der Waals surface area contributed by atoms with Gasteiger partial charge in [-0.05, 0) is 35.9 Å². The Kier molecular flexibility index (Phi) is 6.15. The van der Waals surface area contributed by atoms with Crippen molar-refractivity contribution < 1.29 is 9.53 Å². The van der Waals surface area contributed by atoms with Gasteiger partial charge in [0.2, 0.25) is 5.91 Å². The van der Waals surface area contributed by atoms with Crippen LogP contribution in [0, 0.1) is 0 Å². The Balaban J connectivity index is 1.70. The molecule has 0 aliphatic rings. The molecule has 34 heavy (non-hydrogen) atoms. The highest BCUT2D eigenvalue weighted by molar-refractivity contribution is 7.13. The molecule has 0 saturated carbocycles. The predicted molar refractivity (Wildman–Crippen MR) is 136 cm³/mol. The van der Waals surface area contributed by atoms with Gasteiger partial charge in [0.05, 0.1) is 29.4 Å². The SMILES string of the molecule is COCC(c1ccccc1)n1c(-c2nc(-c3ccc(Cl)cc3)cs2)nc2cc(C(N)=O)ccc21. The summed E-state index contributed by atoms with van der Waals surface area (Å²) in [5.74, 6) is 0.210. The molecule has 0 bridgehead atoms. The summed E-state index contributed by atoms with van der Waals surface area (Å²) in [5, 5.41) is 3.45. The fourth-order valence-electron chi connectivity index (χ4n) is 4.00. The van der Waals surface area contributed by atoms with Crippen LogP contribution in [0.4, 0.5) is 0 Å². The fraction of sp³-hybridized carbons (Fsp3) is 0.115. The van der Waals surface area contributed by atoms with Gasteiger partial charge in [0.15, 0.2) is 10.8 Å². The van der Waals surface area contributed by atoms with Crippen molar-refractivity contribution in [2.45, 2.75) is 6.04 Å². The summed E-state index contributed by atoms with van der Waals surface area (Å²) in [7, 11) is 1.68. The second-order valence-electron chi connectivity index (χ2n) is 7.80. The Bertz CT molecular complexity index is 1460. The van der Waals surface area contributed by atoms with Gasteiger partial charge in [-0.1, -0.05) is 54.1 Å². The highest BCUT2D eigenvalue weighted by Crippen LogP contribution is 2.35. The Morgan fingerprint density at radius 2 is 1.85 bits per heavy atom. The number of aromatic nitrogens is 3. The summed E-state index contributed by atoms with van der Waals surface area (Å²) in [6.45, 7) is 0.440. The minimum absolute atomic E-state index is 0.145. The number of nitrogens with two attached hydrogens (primary N) is 1. The molecule has 1 unspecified atom stereocenters. The molecular weight excluding hydrogens is 468 g/mol. The van der Waals surface area contributed by atoms with Crippen LogP contribution in [0.25, 0.3) is 33.1 Å². The highest BCUT2D eigenvalue weighted by Gasteiger charge is 2.24. The number of rotatable bonds is 7. The number of halogens is 1. The topological polar surface area (TPSA) is 83.0 Å². The van der Waals surface area contributed by atoms with E-state index in [9.17, 15) is 4.79 Å². The number of imidazole rings is 1. The first-order valence-electron chi connectivity index (χ1n) is 10.6. The first-order chi connectivity index (χ1) is 16.5. The second-order valence-corrected chi connectivity index (χ2v) is 9.09. The van der Waals surface area contributed by atoms with E-state index in [1.165, 1.54) is 11.3 Å². The molecule has 0 radical (unpaired) electrons. The molecule has 0 aliphatic carbocycles. The van der Waals surface area contributed by atoms with E-state index in [0.717, 1.165) is 27.3 Å². The molecular formula is C26H21ClN4O2S. The van der Waals surface area contributed by atoms with Gasteiger partial charge in [-0.25, -0.2) is 9.97 Å². The molecule has 0 fully saturated rings. The first kappa shape index (κ1) is 22.3. The third kappa shape index (κ3) is 4.21. The van der Waals surface area contributed by atoms with Crippen LogP contribution in [0.15, 0.2) is 78.2 Å². The predicted octanol–water partition coefficient (Wildman–Crippen LogP) is 5.81. The van der Waals surface area contributed by atoms with Crippen LogP contribution in [0.3, 0.4) is 0 Å². The molecule has 170 valence electrons. The van der Waals surface area contributed by atoms with Crippen LogP contribution in [0.5, 0.6) is 0 Å². The van der Waals surface area contributed by atoms with Crippen molar-refractivity contribution >= 4 is 39.9 Å². The van der Waals surface area contributed by atoms with Crippen molar-refractivity contribution in [1.29, 1.82) is 0 Å². The monoisotopic (exact) mass is 488 g/mol. The summed E-state index contributed by atoms with van der Waals surface area (Å²) < 4.78 is 7.75. The molecule has 5 rings (SSSR count). The first-order valence-corrected chi connectivity index (χ1v) is 11.9. The molecule has 1 amide bonds. The van der Waals surface area contributed by atoms with Crippen LogP contribution in [0.1, 0.15) is 22.0 Å². The quantitative estimate of drug-likeness (QED) is 0.313. The van der Waals surface area contributed by atoms with E-state index in [4.69, 9.17) is 32.0 Å². The Labute approximate surface area is 205 Å². The van der Waals surface area contributed by atoms with Crippen molar-refractivity contribution in [3.05, 3.63) is 94.3 Å². The normalized spacial score (nSPS) is 12.2. The van der Waals surface area contributed by atoms with E-state index in [0.29, 0.717) is 28.5 Å². The van der Waals surface area contributed by atoms with Gasteiger partial charge in [-0.2, -0.15) is 0 Å². The number of benzene rings is 3. The molecule has 2 aromatic heterocycles. The second kappa shape index (κ2) is 9.38. The standard InChI is InChI=1S/C26H21ClN4O2S/c1-33-14-23(17-5-3-2-4-6-17)31-22-12-9-18(24(28)32)13-20(22)29-25(31)26-30-21(15-34-26)16-7-10-19(27)11-8-16/h2-13,15,23H,14H2,1H3,(H2,28,32). The lowest BCUT2D eigenvalue weighted by molar-refractivity contribution is 0.100. The van der Waals surface area contributed by atoms with Crippen LogP contribution >= 0.6 is 22.9 Å². The number of thiazole rings is 1. The molecule has 2 N–H and O–H groups in total. The van der Waals surface area contributed by atoms with Gasteiger partial charge < -0.3 is 15.0 Å². The highest BCUT2D eigenvalue weighted by atomic mass is 35.5. The van der Waals surface area contributed by atoms with E-state index >= 15 is 0 Å². The summed E-state index contributed by atoms with van der Waals surface area (Å²) in [6.07, 6.45) is 0. The average Bonchev–Trinajstić information content (AvgIpc) is 3.48. The summed E-state index contributed by atoms with van der Waals surface area (Å²) in [4.78, 5) is 21.6. The van der Waals surface area contributed by atoms with Gasteiger partial charge in [0.25, 0.3) is 0 Å². The third-order valence-electron chi connectivity index (χ3n) is 5.63. The van der Waals surface area contributed by atoms with Crippen molar-refractivity contribution in [1.82, 2.24) is 14.5 Å². The minimum atomic E-state index is -0.492. The summed E-state index contributed by atoms with van der Waals surface area (Å²) >= 11 is 7.56. The maximum absolute atomic E-state index is 11.8. The number of carbonyl (C=O) groups is 1. The zero-order valence-corrected chi connectivity index (χ0v) is 19.9. The van der Waals surface area contributed by atoms with Gasteiger partial charge >= 0.3 is 0 Å². The molecule has 0 aliphatic heterocycles. The molecule has 3 aromatic carbocycles. The van der Waals surface area contributed by atoms with Crippen molar-refractivity contribution in [2.24, 2.45) is 5.73 Å². The molecule has 2 heterocycles. The molecule has 0 saturated heterocycles. The molecule has 0 spiro atoms. The van der Waals surface area contributed by atoms with E-state index in [1.54, 1.807) is 19.2 Å². The molecule has 8 heteroatoms. The molecule has 6 nitrogen and oxygen atoms in total. The Morgan fingerprint density at radius 1 is 1.09 bits per heavy atom. The Hall–Kier alpha value is -3.52. The summed E-state index contributed by atoms with van der Waals surface area (Å²) in [6, 6.07) is 22.9. The van der Waals surface area contributed by atoms with Crippen molar-refractivity contribution in [3.63, 3.8) is 0 Å². The van der Waals surface area contributed by atoms with Gasteiger partial charge in [0, 0.05) is 28.6 Å². The number of methoxy groups -OCH3 is 1. The zero-order chi connectivity index (χ0) is 23.7. The lowest BCUT2D eigenvalue weighted by Gasteiger charge is -2.21. The Morgan fingerprint density at radius 3 is 2.56 bits per heavy atom. The zero-order valence-electron chi connectivity index (χ0n) is 18.3. The average molecular weight is 489 g/mol.